The van der Waals surface area contributed by atoms with Crippen LogP contribution in [0.15, 0.2) is 18.3 Å². The summed E-state index contributed by atoms with van der Waals surface area (Å²) in [6.07, 6.45) is 1.78. The van der Waals surface area contributed by atoms with Crippen molar-refractivity contribution in [3.63, 3.8) is 0 Å². The van der Waals surface area contributed by atoms with E-state index in [1.165, 1.54) is 27.5 Å². The Bertz CT molecular complexity index is 582. The molecule has 0 aliphatic rings. The molecule has 0 aromatic carbocycles. The molecule has 0 aliphatic carbocycles. The Balaban J connectivity index is 2.24. The molecule has 0 fully saturated rings. The summed E-state index contributed by atoms with van der Waals surface area (Å²) in [6, 6.07) is 2.72. The van der Waals surface area contributed by atoms with Crippen molar-refractivity contribution in [1.82, 2.24) is 14.1 Å². The van der Waals surface area contributed by atoms with E-state index in [2.05, 4.69) is 4.98 Å². The van der Waals surface area contributed by atoms with Crippen molar-refractivity contribution in [1.29, 1.82) is 0 Å². The summed E-state index contributed by atoms with van der Waals surface area (Å²) in [5.74, 6) is 0.331. The van der Waals surface area contributed by atoms with E-state index in [4.69, 9.17) is 0 Å². The van der Waals surface area contributed by atoms with Gasteiger partial charge in [-0.15, -0.1) is 0 Å². The van der Waals surface area contributed by atoms with E-state index in [-0.39, 0.29) is 30.7 Å². The molecule has 0 aliphatic heterocycles. The zero-order valence-corrected chi connectivity index (χ0v) is 10.4. The molecule has 0 unspecified atom stereocenters. The number of aromatic hydroxyl groups is 2. The van der Waals surface area contributed by atoms with E-state index in [0.29, 0.717) is 12.2 Å². The molecule has 2 heterocycles. The maximum atomic E-state index is 10.9. The smallest absolute Gasteiger partial charge is 0.342 e. The molecule has 0 bridgehead atoms. The lowest BCUT2D eigenvalue weighted by atomic mass is 10.4. The number of aromatic nitrogens is 3. The van der Waals surface area contributed by atoms with Crippen molar-refractivity contribution in [2.24, 2.45) is 0 Å². The predicted molar refractivity (Wildman–Crippen MR) is 66.0 cm³/mol. The van der Waals surface area contributed by atoms with E-state index in [1.807, 2.05) is 6.92 Å². The van der Waals surface area contributed by atoms with Crippen LogP contribution in [0.1, 0.15) is 12.7 Å². The van der Waals surface area contributed by atoms with E-state index in [1.54, 1.807) is 0 Å². The third-order valence-electron chi connectivity index (χ3n) is 2.90. The van der Waals surface area contributed by atoms with Crippen LogP contribution in [0, 0.1) is 10.1 Å². The normalized spacial score (nSPS) is 10.8. The largest absolute Gasteiger partial charge is 0.494 e. The zero-order chi connectivity index (χ0) is 14.0. The predicted octanol–water partition coefficient (Wildman–Crippen LogP) is 1.27. The molecule has 2 N–H and O–H groups in total. The lowest BCUT2D eigenvalue weighted by molar-refractivity contribution is -0.392. The average Bonchev–Trinajstić information content (AvgIpc) is 2.91. The average molecular weight is 266 g/mol. The highest BCUT2D eigenvalue weighted by atomic mass is 16.6. The molecule has 0 spiro atoms. The van der Waals surface area contributed by atoms with Crippen LogP contribution in [0.25, 0.3) is 0 Å². The molecule has 2 aromatic rings. The molecule has 2 rings (SSSR count). The lowest BCUT2D eigenvalue weighted by Crippen LogP contribution is -2.11. The number of nitrogens with zero attached hydrogens (tertiary/aromatic N) is 4. The Morgan fingerprint density at radius 3 is 2.37 bits per heavy atom. The lowest BCUT2D eigenvalue weighted by Gasteiger charge is -2.07. The van der Waals surface area contributed by atoms with Gasteiger partial charge < -0.3 is 20.3 Å². The first-order chi connectivity index (χ1) is 9.04. The Hall–Kier alpha value is -2.51. The van der Waals surface area contributed by atoms with Gasteiger partial charge in [0.2, 0.25) is 0 Å². The summed E-state index contributed by atoms with van der Waals surface area (Å²) in [4.78, 5) is 14.4. The molecule has 8 nitrogen and oxygen atoms in total. The minimum atomic E-state index is -0.498. The highest BCUT2D eigenvalue weighted by Gasteiger charge is 2.19. The van der Waals surface area contributed by atoms with Crippen LogP contribution in [0.2, 0.25) is 0 Å². The van der Waals surface area contributed by atoms with E-state index in [0.717, 1.165) is 0 Å². The van der Waals surface area contributed by atoms with Crippen molar-refractivity contribution in [2.75, 3.05) is 0 Å². The minimum Gasteiger partial charge on any atom is -0.494 e. The van der Waals surface area contributed by atoms with Gasteiger partial charge in [0.15, 0.2) is 17.6 Å². The second kappa shape index (κ2) is 5.01. The number of imidazole rings is 1. The molecular weight excluding hydrogens is 252 g/mol. The van der Waals surface area contributed by atoms with Gasteiger partial charge in [-0.05, 0) is 4.92 Å². The monoisotopic (exact) mass is 266 g/mol. The molecule has 8 heteroatoms. The van der Waals surface area contributed by atoms with Crippen molar-refractivity contribution >= 4 is 5.82 Å². The number of nitro groups is 1. The van der Waals surface area contributed by atoms with Gasteiger partial charge in [0.1, 0.15) is 12.7 Å². The van der Waals surface area contributed by atoms with Crippen LogP contribution >= 0.6 is 0 Å². The molecule has 0 radical (unpaired) electrons. The van der Waals surface area contributed by atoms with Crippen molar-refractivity contribution in [3.8, 4) is 11.8 Å². The van der Waals surface area contributed by atoms with Gasteiger partial charge in [0, 0.05) is 18.6 Å². The zero-order valence-electron chi connectivity index (χ0n) is 10.4. The first kappa shape index (κ1) is 12.9. The Morgan fingerprint density at radius 2 is 1.84 bits per heavy atom. The van der Waals surface area contributed by atoms with Gasteiger partial charge in [-0.25, -0.2) is 9.55 Å². The van der Waals surface area contributed by atoms with Gasteiger partial charge in [0.05, 0.1) is 6.54 Å². The molecule has 2 aromatic heterocycles. The quantitative estimate of drug-likeness (QED) is 0.626. The standard InChI is InChI=1S/C11H14N4O4/c1-2-8-12-7-9(15(18)19)13(8)5-6-14-10(16)3-4-11(14)17/h3-4,7,16-17H,2,5-6H2,1H3. The molecule has 19 heavy (non-hydrogen) atoms. The van der Waals surface area contributed by atoms with E-state index in [9.17, 15) is 20.3 Å². The molecule has 0 atom stereocenters. The molecule has 102 valence electrons. The van der Waals surface area contributed by atoms with Gasteiger partial charge in [0.25, 0.3) is 0 Å². The Morgan fingerprint density at radius 1 is 1.26 bits per heavy atom. The highest BCUT2D eigenvalue weighted by Crippen LogP contribution is 2.22. The fourth-order valence-corrected chi connectivity index (χ4v) is 1.95. The van der Waals surface area contributed by atoms with Crippen LogP contribution in [0.3, 0.4) is 0 Å². The SMILES string of the molecule is CCc1ncc([N+](=O)[O-])n1CCn1c(O)ccc1O. The van der Waals surface area contributed by atoms with Crippen LogP contribution < -0.4 is 0 Å². The first-order valence-corrected chi connectivity index (χ1v) is 5.80. The third kappa shape index (κ3) is 2.37. The van der Waals surface area contributed by atoms with Crippen molar-refractivity contribution in [2.45, 2.75) is 26.4 Å². The molecule has 0 amide bonds. The molecule has 0 saturated carbocycles. The fourth-order valence-electron chi connectivity index (χ4n) is 1.95. The van der Waals surface area contributed by atoms with E-state index >= 15 is 0 Å². The first-order valence-electron chi connectivity index (χ1n) is 5.80. The summed E-state index contributed by atoms with van der Waals surface area (Å²) in [5, 5.41) is 29.9. The molecule has 0 saturated heterocycles. The fraction of sp³-hybridized carbons (Fsp3) is 0.364. The van der Waals surface area contributed by atoms with Gasteiger partial charge in [-0.2, -0.15) is 0 Å². The minimum absolute atomic E-state index is 0.0849. The summed E-state index contributed by atoms with van der Waals surface area (Å²) >= 11 is 0. The second-order valence-electron chi connectivity index (χ2n) is 4.00. The Labute approximate surface area is 108 Å². The summed E-state index contributed by atoms with van der Waals surface area (Å²) in [7, 11) is 0. The van der Waals surface area contributed by atoms with Crippen LogP contribution in [-0.2, 0) is 19.5 Å². The second-order valence-corrected chi connectivity index (χ2v) is 4.00. The van der Waals surface area contributed by atoms with Crippen LogP contribution in [0.5, 0.6) is 11.8 Å². The van der Waals surface area contributed by atoms with Crippen molar-refractivity contribution in [3.05, 3.63) is 34.3 Å². The van der Waals surface area contributed by atoms with Crippen LogP contribution in [-0.4, -0.2) is 29.3 Å². The maximum absolute atomic E-state index is 10.9. The summed E-state index contributed by atoms with van der Waals surface area (Å²) in [5.41, 5.74) is 0. The summed E-state index contributed by atoms with van der Waals surface area (Å²) < 4.78 is 2.74. The topological polar surface area (TPSA) is 106 Å². The number of aryl methyl sites for hydroxylation is 1. The maximum Gasteiger partial charge on any atom is 0.342 e. The number of hydrogen-bond acceptors (Lipinski definition) is 5. The van der Waals surface area contributed by atoms with Gasteiger partial charge >= 0.3 is 5.82 Å². The van der Waals surface area contributed by atoms with Gasteiger partial charge in [-0.3, -0.25) is 4.57 Å². The number of hydrogen-bond donors (Lipinski definition) is 2. The molecular formula is C11H14N4O4. The highest BCUT2D eigenvalue weighted by molar-refractivity contribution is 5.24. The summed E-state index contributed by atoms with van der Waals surface area (Å²) in [6.45, 7) is 2.32. The van der Waals surface area contributed by atoms with Gasteiger partial charge in [-0.1, -0.05) is 6.92 Å². The van der Waals surface area contributed by atoms with Crippen molar-refractivity contribution < 1.29 is 15.1 Å². The van der Waals surface area contributed by atoms with E-state index < -0.39 is 4.92 Å². The number of rotatable bonds is 5. The van der Waals surface area contributed by atoms with Crippen LogP contribution in [0.4, 0.5) is 5.82 Å². The third-order valence-corrected chi connectivity index (χ3v) is 2.90. The Kier molecular flexibility index (Phi) is 3.41.